The summed E-state index contributed by atoms with van der Waals surface area (Å²) in [5.41, 5.74) is 13.4. The molecule has 1 aliphatic heterocycles. The SMILES string of the molecule is CCCC1=NC(=[N+]=[N-])C(C(N)=O)=N1. The molecule has 0 aromatic carbocycles. The molecule has 1 aliphatic rings. The van der Waals surface area contributed by atoms with E-state index in [-0.39, 0.29) is 11.5 Å². The van der Waals surface area contributed by atoms with Crippen LogP contribution in [0.2, 0.25) is 0 Å². The van der Waals surface area contributed by atoms with Crippen molar-refractivity contribution in [1.82, 2.24) is 0 Å². The van der Waals surface area contributed by atoms with E-state index in [9.17, 15) is 4.79 Å². The number of carbonyl (C=O) groups excluding carboxylic acids is 1. The average molecular weight is 179 g/mol. The van der Waals surface area contributed by atoms with Crippen LogP contribution in [-0.2, 0) is 4.79 Å². The zero-order chi connectivity index (χ0) is 9.84. The van der Waals surface area contributed by atoms with Gasteiger partial charge < -0.3 is 16.1 Å². The van der Waals surface area contributed by atoms with Crippen molar-refractivity contribution in [2.24, 2.45) is 15.7 Å². The molecule has 0 saturated heterocycles. The molecule has 2 N–H and O–H groups in total. The fourth-order valence-corrected chi connectivity index (χ4v) is 0.950. The molecule has 0 aliphatic carbocycles. The summed E-state index contributed by atoms with van der Waals surface area (Å²) in [6, 6.07) is 0. The van der Waals surface area contributed by atoms with E-state index in [4.69, 9.17) is 11.3 Å². The lowest BCUT2D eigenvalue weighted by atomic mass is 10.3. The number of nitrogens with two attached hydrogens (primary N) is 1. The predicted molar refractivity (Wildman–Crippen MR) is 47.6 cm³/mol. The molecule has 0 spiro atoms. The maximum atomic E-state index is 10.7. The van der Waals surface area contributed by atoms with Crippen molar-refractivity contribution in [3.63, 3.8) is 0 Å². The lowest BCUT2D eigenvalue weighted by molar-refractivity contribution is -0.111. The number of amidine groups is 2. The monoisotopic (exact) mass is 179 g/mol. The first-order chi connectivity index (χ1) is 6.19. The number of rotatable bonds is 3. The molecule has 0 aromatic heterocycles. The van der Waals surface area contributed by atoms with E-state index >= 15 is 0 Å². The quantitative estimate of drug-likeness (QED) is 0.468. The van der Waals surface area contributed by atoms with Gasteiger partial charge in [0.05, 0.1) is 0 Å². The molecule has 0 radical (unpaired) electrons. The second-order valence-electron chi connectivity index (χ2n) is 2.53. The van der Waals surface area contributed by atoms with Crippen molar-refractivity contribution in [3.8, 4) is 0 Å². The zero-order valence-electron chi connectivity index (χ0n) is 7.19. The molecule has 0 unspecified atom stereocenters. The van der Waals surface area contributed by atoms with Gasteiger partial charge in [0.25, 0.3) is 5.91 Å². The molecule has 1 rings (SSSR count). The van der Waals surface area contributed by atoms with Gasteiger partial charge in [-0.3, -0.25) is 4.79 Å². The number of primary amides is 1. The highest BCUT2D eigenvalue weighted by Gasteiger charge is 2.31. The number of nitrogens with zero attached hydrogens (tertiary/aromatic N) is 4. The van der Waals surface area contributed by atoms with Gasteiger partial charge in [-0.05, 0) is 11.4 Å². The van der Waals surface area contributed by atoms with Gasteiger partial charge in [0.15, 0.2) is 0 Å². The normalized spacial score (nSPS) is 15.0. The second-order valence-corrected chi connectivity index (χ2v) is 2.53. The fourth-order valence-electron chi connectivity index (χ4n) is 0.950. The van der Waals surface area contributed by atoms with Crippen molar-refractivity contribution in [2.45, 2.75) is 19.8 Å². The summed E-state index contributed by atoms with van der Waals surface area (Å²) in [6.45, 7) is 1.95. The maximum absolute atomic E-state index is 10.7. The summed E-state index contributed by atoms with van der Waals surface area (Å²) in [4.78, 5) is 21.2. The molecule has 0 aromatic rings. The summed E-state index contributed by atoms with van der Waals surface area (Å²) in [5.74, 6) is -0.359. The largest absolute Gasteiger partial charge is 0.497 e. The highest BCUT2D eigenvalue weighted by atomic mass is 16.1. The third-order valence-corrected chi connectivity index (χ3v) is 1.49. The Morgan fingerprint density at radius 1 is 1.62 bits per heavy atom. The third-order valence-electron chi connectivity index (χ3n) is 1.49. The molecule has 6 nitrogen and oxygen atoms in total. The lowest BCUT2D eigenvalue weighted by Crippen LogP contribution is -2.28. The fraction of sp³-hybridized carbons (Fsp3) is 0.429. The average Bonchev–Trinajstić information content (AvgIpc) is 2.48. The molecule has 68 valence electrons. The summed E-state index contributed by atoms with van der Waals surface area (Å²) in [7, 11) is 0. The predicted octanol–water partition coefficient (Wildman–Crippen LogP) is -0.247. The van der Waals surface area contributed by atoms with Gasteiger partial charge >= 0.3 is 5.84 Å². The van der Waals surface area contributed by atoms with Gasteiger partial charge in [-0.1, -0.05) is 6.92 Å². The Balaban J connectivity index is 2.97. The number of hydrogen-bond acceptors (Lipinski definition) is 2. The Morgan fingerprint density at radius 2 is 2.31 bits per heavy atom. The minimum absolute atomic E-state index is 0.0778. The Bertz CT molecular complexity index is 348. The van der Waals surface area contributed by atoms with Crippen LogP contribution in [0.25, 0.3) is 5.53 Å². The minimum Gasteiger partial charge on any atom is -0.497 e. The van der Waals surface area contributed by atoms with Crippen LogP contribution in [0.3, 0.4) is 0 Å². The molecule has 1 amide bonds. The Kier molecular flexibility index (Phi) is 2.66. The van der Waals surface area contributed by atoms with Crippen LogP contribution in [0.15, 0.2) is 9.98 Å². The van der Waals surface area contributed by atoms with Gasteiger partial charge in [-0.15, -0.1) is 0 Å². The van der Waals surface area contributed by atoms with Crippen molar-refractivity contribution in [1.29, 1.82) is 0 Å². The molecule has 0 atom stereocenters. The van der Waals surface area contributed by atoms with Crippen LogP contribution in [0, 0.1) is 0 Å². The zero-order valence-corrected chi connectivity index (χ0v) is 7.19. The topological polar surface area (TPSA) is 104 Å². The molecule has 0 fully saturated rings. The first-order valence-electron chi connectivity index (χ1n) is 3.87. The van der Waals surface area contributed by atoms with E-state index in [2.05, 4.69) is 14.8 Å². The van der Waals surface area contributed by atoms with E-state index in [1.807, 2.05) is 6.92 Å². The Hall–Kier alpha value is -1.81. The number of hydrogen-bond donors (Lipinski definition) is 1. The van der Waals surface area contributed by atoms with Crippen molar-refractivity contribution in [3.05, 3.63) is 5.53 Å². The van der Waals surface area contributed by atoms with Crippen LogP contribution >= 0.6 is 0 Å². The van der Waals surface area contributed by atoms with Gasteiger partial charge in [0.1, 0.15) is 0 Å². The van der Waals surface area contributed by atoms with E-state index < -0.39 is 5.91 Å². The highest BCUT2D eigenvalue weighted by molar-refractivity contribution is 6.68. The van der Waals surface area contributed by atoms with Crippen LogP contribution in [-0.4, -0.2) is 28.1 Å². The maximum Gasteiger partial charge on any atom is 0.434 e. The van der Waals surface area contributed by atoms with E-state index in [0.717, 1.165) is 6.42 Å². The number of amides is 1. The van der Waals surface area contributed by atoms with Crippen LogP contribution in [0.5, 0.6) is 0 Å². The first-order valence-corrected chi connectivity index (χ1v) is 3.87. The van der Waals surface area contributed by atoms with Gasteiger partial charge in [0, 0.05) is 6.42 Å². The minimum atomic E-state index is -0.734. The van der Waals surface area contributed by atoms with E-state index in [0.29, 0.717) is 12.3 Å². The van der Waals surface area contributed by atoms with Crippen LogP contribution in [0.4, 0.5) is 0 Å². The molecule has 13 heavy (non-hydrogen) atoms. The van der Waals surface area contributed by atoms with Crippen LogP contribution < -0.4 is 5.73 Å². The molecular formula is C7H9N5O. The van der Waals surface area contributed by atoms with Gasteiger partial charge in [-0.25, -0.2) is 0 Å². The highest BCUT2D eigenvalue weighted by Crippen LogP contribution is 2.03. The molecule has 1 heterocycles. The molecule has 0 saturated carbocycles. The van der Waals surface area contributed by atoms with E-state index in [1.54, 1.807) is 0 Å². The van der Waals surface area contributed by atoms with Crippen molar-refractivity contribution >= 4 is 23.3 Å². The Labute approximate surface area is 74.8 Å². The summed E-state index contributed by atoms with van der Waals surface area (Å²) in [6.07, 6.45) is 1.49. The van der Waals surface area contributed by atoms with Gasteiger partial charge in [-0.2, -0.15) is 4.99 Å². The van der Waals surface area contributed by atoms with Crippen molar-refractivity contribution in [2.75, 3.05) is 0 Å². The standard InChI is InChI=1S/C7H9N5O/c1-2-3-4-10-5(6(8)13)7(11-4)12-9/h2-3H2,1H3,(H2,8,13). The summed E-state index contributed by atoms with van der Waals surface area (Å²) >= 11 is 0. The second kappa shape index (κ2) is 3.73. The number of aliphatic imine (C=N–C) groups is 2. The lowest BCUT2D eigenvalue weighted by Gasteiger charge is -1.84. The molecule has 6 heteroatoms. The van der Waals surface area contributed by atoms with Gasteiger partial charge in [0.2, 0.25) is 11.5 Å². The van der Waals surface area contributed by atoms with Crippen LogP contribution in [0.1, 0.15) is 19.8 Å². The Morgan fingerprint density at radius 3 is 2.69 bits per heavy atom. The molecular weight excluding hydrogens is 170 g/mol. The number of carbonyl (C=O) groups is 1. The smallest absolute Gasteiger partial charge is 0.434 e. The molecule has 0 bridgehead atoms. The summed E-state index contributed by atoms with van der Waals surface area (Å²) < 4.78 is 0. The van der Waals surface area contributed by atoms with E-state index in [1.165, 1.54) is 0 Å². The van der Waals surface area contributed by atoms with Crippen molar-refractivity contribution < 1.29 is 9.58 Å². The third kappa shape index (κ3) is 1.86. The summed E-state index contributed by atoms with van der Waals surface area (Å²) in [5, 5.41) is 0. The first kappa shape index (κ1) is 9.28.